The third-order valence-corrected chi connectivity index (χ3v) is 8.70. The summed E-state index contributed by atoms with van der Waals surface area (Å²) >= 11 is 0. The summed E-state index contributed by atoms with van der Waals surface area (Å²) in [5, 5.41) is 3.83. The summed E-state index contributed by atoms with van der Waals surface area (Å²) in [4.78, 5) is 33.0. The average molecular weight is 621 g/mol. The lowest BCUT2D eigenvalue weighted by Gasteiger charge is -2.09. The summed E-state index contributed by atoms with van der Waals surface area (Å²) in [7, 11) is 0. The topological polar surface area (TPSA) is 115 Å². The Morgan fingerprint density at radius 3 is 0.792 bits per heavy atom. The van der Waals surface area contributed by atoms with Gasteiger partial charge in [-0.05, 0) is 72.8 Å². The molecule has 1 aliphatic heterocycles. The number of H-pyrrole nitrogens is 4. The summed E-state index contributed by atoms with van der Waals surface area (Å²) in [5.41, 5.74) is 11.8. The molecule has 1 aliphatic rings. The summed E-state index contributed by atoms with van der Waals surface area (Å²) in [6, 6.07) is 33.3. The van der Waals surface area contributed by atoms with E-state index < -0.39 is 0 Å². The van der Waals surface area contributed by atoms with Crippen LogP contribution in [0.2, 0.25) is 0 Å². The van der Waals surface area contributed by atoms with Gasteiger partial charge in [-0.25, -0.2) is 0 Å². The van der Waals surface area contributed by atoms with Crippen LogP contribution >= 0.6 is 0 Å². The van der Waals surface area contributed by atoms with Crippen LogP contribution in [0.5, 0.6) is 0 Å². The highest BCUT2D eigenvalue weighted by molar-refractivity contribution is 5.84. The van der Waals surface area contributed by atoms with Gasteiger partial charge in [0, 0.05) is 138 Å². The number of fused-ring (bicyclic) bond motifs is 8. The van der Waals surface area contributed by atoms with Crippen molar-refractivity contribution in [3.05, 3.63) is 213 Å². The van der Waals surface area contributed by atoms with Crippen LogP contribution in [0.25, 0.3) is 22.3 Å². The molecule has 48 heavy (non-hydrogen) atoms. The van der Waals surface area contributed by atoms with Gasteiger partial charge in [0.05, 0.1) is 0 Å². The number of hydrogen-bond acceptors (Lipinski definition) is 4. The number of aromatic amines is 4. The van der Waals surface area contributed by atoms with Gasteiger partial charge >= 0.3 is 0 Å². The maximum absolute atomic E-state index is 4.47. The fourth-order valence-electron chi connectivity index (χ4n) is 6.61. The first-order valence-corrected chi connectivity index (χ1v) is 15.7. The molecule has 9 rings (SSSR count). The molecular formula is C40H28N8. The number of rotatable bonds is 4. The van der Waals surface area contributed by atoms with Crippen LogP contribution < -0.4 is 21.4 Å². The second kappa shape index (κ2) is 11.5. The van der Waals surface area contributed by atoms with Crippen molar-refractivity contribution >= 4 is 22.3 Å². The van der Waals surface area contributed by atoms with Crippen LogP contribution in [0.15, 0.2) is 147 Å². The molecular weight excluding hydrogens is 592 g/mol. The van der Waals surface area contributed by atoms with Crippen molar-refractivity contribution < 1.29 is 0 Å². The van der Waals surface area contributed by atoms with E-state index in [0.29, 0.717) is 0 Å². The van der Waals surface area contributed by atoms with E-state index in [1.54, 1.807) is 24.8 Å². The normalized spacial score (nSPS) is 17.3. The zero-order valence-electron chi connectivity index (χ0n) is 25.6. The maximum atomic E-state index is 4.47. The third kappa shape index (κ3) is 4.80. The van der Waals surface area contributed by atoms with Crippen molar-refractivity contribution in [2.75, 3.05) is 0 Å². The van der Waals surface area contributed by atoms with Crippen LogP contribution in [-0.4, -0.2) is 39.9 Å². The van der Waals surface area contributed by atoms with E-state index in [1.165, 1.54) is 0 Å². The van der Waals surface area contributed by atoms with Crippen molar-refractivity contribution in [3.63, 3.8) is 0 Å². The van der Waals surface area contributed by atoms with E-state index in [9.17, 15) is 0 Å². The molecule has 0 atom stereocenters. The second-order valence-electron chi connectivity index (χ2n) is 11.6. The quantitative estimate of drug-likeness (QED) is 0.239. The molecule has 228 valence electrons. The maximum Gasteiger partial charge on any atom is 0.0486 e. The number of hydrogen-bond donors (Lipinski definition) is 4. The van der Waals surface area contributed by atoms with E-state index in [4.69, 9.17) is 0 Å². The van der Waals surface area contributed by atoms with Crippen LogP contribution in [0.3, 0.4) is 0 Å². The minimum Gasteiger partial charge on any atom is -0.354 e. The van der Waals surface area contributed by atoms with E-state index in [1.807, 2.05) is 49.1 Å². The first-order chi connectivity index (χ1) is 23.8. The van der Waals surface area contributed by atoms with Gasteiger partial charge in [0.2, 0.25) is 0 Å². The Morgan fingerprint density at radius 1 is 0.292 bits per heavy atom. The standard InChI is InChI=1S/C40H28N8/c1-5-25(21-41-17-1)37-29-9-11-31(45-29)38(26-6-2-18-42-22-26)33-13-15-35(47-33)40(28-8-4-20-44-24-28)36-16-14-34(48-36)39(27-7-3-19-43-23-27)32-12-10-30(37)46-32/h1-24,45-48H/b37-29-,37-30?,38-31-,38-33?,39-32?,39-34-,40-35?,40-36-. The summed E-state index contributed by atoms with van der Waals surface area (Å²) in [6.07, 6.45) is 14.8. The van der Waals surface area contributed by atoms with E-state index in [-0.39, 0.29) is 0 Å². The highest BCUT2D eigenvalue weighted by Crippen LogP contribution is 2.27. The van der Waals surface area contributed by atoms with Gasteiger partial charge in [0.1, 0.15) is 0 Å². The Bertz CT molecular complexity index is 2280. The number of nitrogens with one attached hydrogen (secondary N) is 4. The zero-order chi connectivity index (χ0) is 31.9. The summed E-state index contributed by atoms with van der Waals surface area (Å²) < 4.78 is 0. The minimum absolute atomic E-state index is 0.958. The molecule has 8 aromatic heterocycles. The van der Waals surface area contributed by atoms with Gasteiger partial charge in [-0.15, -0.1) is 0 Å². The van der Waals surface area contributed by atoms with Crippen molar-refractivity contribution in [1.82, 2.24) is 39.9 Å². The minimum atomic E-state index is 0.958. The van der Waals surface area contributed by atoms with Crippen LogP contribution in [0, 0.1) is 0 Å². The summed E-state index contributed by atoms with van der Waals surface area (Å²) in [6.45, 7) is 0. The number of pyridine rings is 4. The van der Waals surface area contributed by atoms with E-state index in [2.05, 4.69) is 113 Å². The van der Waals surface area contributed by atoms with Gasteiger partial charge in [0.25, 0.3) is 0 Å². The highest BCUT2D eigenvalue weighted by atomic mass is 14.8. The van der Waals surface area contributed by atoms with Crippen LogP contribution in [-0.2, 0) is 0 Å². The fourth-order valence-corrected chi connectivity index (χ4v) is 6.61. The smallest absolute Gasteiger partial charge is 0.0486 e. The molecule has 8 nitrogen and oxygen atoms in total. The number of nitrogens with zero attached hydrogens (tertiary/aromatic N) is 4. The van der Waals surface area contributed by atoms with E-state index in [0.717, 1.165) is 88.7 Å². The van der Waals surface area contributed by atoms with Crippen molar-refractivity contribution in [1.29, 1.82) is 0 Å². The Balaban J connectivity index is 1.44. The van der Waals surface area contributed by atoms with E-state index >= 15 is 0 Å². The first-order valence-electron chi connectivity index (χ1n) is 15.7. The van der Waals surface area contributed by atoms with Crippen LogP contribution in [0.4, 0.5) is 0 Å². The molecule has 0 unspecified atom stereocenters. The van der Waals surface area contributed by atoms with Crippen molar-refractivity contribution in [2.45, 2.75) is 0 Å². The molecule has 0 saturated heterocycles. The van der Waals surface area contributed by atoms with Gasteiger partial charge in [-0.1, -0.05) is 24.3 Å². The monoisotopic (exact) mass is 620 g/mol. The molecule has 8 bridgehead atoms. The molecule has 0 aromatic carbocycles. The average Bonchev–Trinajstić information content (AvgIpc) is 3.98. The number of aromatic nitrogens is 8. The second-order valence-corrected chi connectivity index (χ2v) is 11.6. The molecule has 8 aromatic rings. The van der Waals surface area contributed by atoms with Gasteiger partial charge in [0.15, 0.2) is 0 Å². The first kappa shape index (κ1) is 27.5. The Labute approximate surface area is 274 Å². The molecule has 4 N–H and O–H groups in total. The zero-order valence-corrected chi connectivity index (χ0v) is 25.6. The Kier molecular flexibility index (Phi) is 6.61. The predicted octanol–water partition coefficient (Wildman–Crippen LogP) is 3.88. The lowest BCUT2D eigenvalue weighted by Crippen LogP contribution is -2.19. The van der Waals surface area contributed by atoms with Gasteiger partial charge in [-0.2, -0.15) is 0 Å². The Hall–Kier alpha value is -6.80. The molecule has 8 heteroatoms. The molecule has 9 heterocycles. The molecule has 0 saturated carbocycles. The molecule has 0 amide bonds. The molecule has 0 radical (unpaired) electrons. The molecule has 0 fully saturated rings. The largest absolute Gasteiger partial charge is 0.354 e. The van der Waals surface area contributed by atoms with Crippen molar-refractivity contribution in [2.24, 2.45) is 0 Å². The third-order valence-electron chi connectivity index (χ3n) is 8.70. The Morgan fingerprint density at radius 2 is 0.562 bits per heavy atom. The SMILES string of the molecule is c1cncc(/C2=c3\cc/c([nH]3)=C(\c3cccnc3)c3ccc([nH]3)/C(c3cccnc3)=c3/cc/c([nH]3)=C(\c3cccnc3)c3ccc2[nH]3)c1. The van der Waals surface area contributed by atoms with Crippen molar-refractivity contribution in [3.8, 4) is 0 Å². The predicted molar refractivity (Wildman–Crippen MR) is 185 cm³/mol. The van der Waals surface area contributed by atoms with Gasteiger partial charge < -0.3 is 19.9 Å². The molecule has 0 spiro atoms. The van der Waals surface area contributed by atoms with Gasteiger partial charge in [-0.3, -0.25) is 19.9 Å². The molecule has 0 aliphatic carbocycles. The lowest BCUT2D eigenvalue weighted by molar-refractivity contribution is 1.17. The summed E-state index contributed by atoms with van der Waals surface area (Å²) in [5.74, 6) is 0. The fraction of sp³-hybridized carbons (Fsp3) is 0. The highest BCUT2D eigenvalue weighted by Gasteiger charge is 2.18. The lowest BCUT2D eigenvalue weighted by atomic mass is 10.0. The van der Waals surface area contributed by atoms with Crippen LogP contribution in [0.1, 0.15) is 45.0 Å².